The quantitative estimate of drug-likeness (QED) is 0.561. The highest BCUT2D eigenvalue weighted by Gasteiger charge is 2.30. The predicted octanol–water partition coefficient (Wildman–Crippen LogP) is 5.43. The van der Waals surface area contributed by atoms with E-state index < -0.39 is 11.9 Å². The topological polar surface area (TPSA) is 58.6 Å². The molecule has 1 aliphatic rings. The molecule has 3 aromatic rings. The van der Waals surface area contributed by atoms with Gasteiger partial charge in [0.1, 0.15) is 11.6 Å². The van der Waals surface area contributed by atoms with Gasteiger partial charge in [-0.05, 0) is 66.6 Å². The summed E-state index contributed by atoms with van der Waals surface area (Å²) in [4.78, 5) is 27.3. The maximum Gasteiger partial charge on any atom is 0.264 e. The number of nitrogens with zero attached hydrogens (tertiary/aromatic N) is 1. The minimum Gasteiger partial charge on any atom is -0.480 e. The van der Waals surface area contributed by atoms with Crippen LogP contribution in [-0.2, 0) is 17.9 Å². The van der Waals surface area contributed by atoms with E-state index in [4.69, 9.17) is 16.3 Å². The minimum atomic E-state index is -0.580. The molecule has 0 bridgehead atoms. The number of benzene rings is 3. The third-order valence-corrected chi connectivity index (χ3v) is 5.55. The van der Waals surface area contributed by atoms with Crippen molar-refractivity contribution in [2.45, 2.75) is 32.5 Å². The van der Waals surface area contributed by atoms with Gasteiger partial charge in [-0.3, -0.25) is 9.59 Å². The van der Waals surface area contributed by atoms with Gasteiger partial charge in [0.2, 0.25) is 0 Å². The van der Waals surface area contributed by atoms with E-state index in [0.29, 0.717) is 41.5 Å². The molecule has 1 atom stereocenters. The van der Waals surface area contributed by atoms with Crippen LogP contribution in [0.2, 0.25) is 5.02 Å². The van der Waals surface area contributed by atoms with Crippen molar-refractivity contribution in [2.24, 2.45) is 0 Å². The molecular formula is C25H22ClFN2O3. The molecule has 0 aromatic heterocycles. The van der Waals surface area contributed by atoms with Crippen LogP contribution in [0.3, 0.4) is 0 Å². The second-order valence-electron chi connectivity index (χ2n) is 7.62. The number of rotatable bonds is 5. The summed E-state index contributed by atoms with van der Waals surface area (Å²) >= 11 is 5.98. The molecule has 1 unspecified atom stereocenters. The molecule has 0 fully saturated rings. The van der Waals surface area contributed by atoms with Crippen molar-refractivity contribution in [3.63, 3.8) is 0 Å². The Bertz CT molecular complexity index is 1130. The number of ether oxygens (including phenoxy) is 1. The molecule has 0 aliphatic carbocycles. The van der Waals surface area contributed by atoms with Gasteiger partial charge in [0, 0.05) is 34.9 Å². The fraction of sp³-hybridized carbons (Fsp3) is 0.200. The molecule has 5 nitrogen and oxygen atoms in total. The SMILES string of the molecule is CCC1Oc2ccc(NC(=O)c3ccc(F)cc3)cc2CN(Cc2ccc(Cl)cc2)C1=O. The highest BCUT2D eigenvalue weighted by Crippen LogP contribution is 2.30. The number of hydrogen-bond donors (Lipinski definition) is 1. The zero-order chi connectivity index (χ0) is 22.7. The van der Waals surface area contributed by atoms with Crippen molar-refractivity contribution >= 4 is 29.1 Å². The lowest BCUT2D eigenvalue weighted by molar-refractivity contribution is -0.139. The normalized spacial score (nSPS) is 15.5. The summed E-state index contributed by atoms with van der Waals surface area (Å²) in [6, 6.07) is 18.0. The Morgan fingerprint density at radius 3 is 2.53 bits per heavy atom. The van der Waals surface area contributed by atoms with Crippen molar-refractivity contribution in [1.29, 1.82) is 0 Å². The molecule has 0 spiro atoms. The summed E-state index contributed by atoms with van der Waals surface area (Å²) < 4.78 is 19.1. The first-order chi connectivity index (χ1) is 15.4. The fourth-order valence-electron chi connectivity index (χ4n) is 3.59. The molecular weight excluding hydrogens is 431 g/mol. The summed E-state index contributed by atoms with van der Waals surface area (Å²) in [6.07, 6.45) is -0.0402. The number of nitrogens with one attached hydrogen (secondary N) is 1. The van der Waals surface area contributed by atoms with Gasteiger partial charge in [-0.2, -0.15) is 0 Å². The maximum absolute atomic E-state index is 13.1. The molecule has 4 rings (SSSR count). The van der Waals surface area contributed by atoms with Crippen molar-refractivity contribution < 1.29 is 18.7 Å². The average Bonchev–Trinajstić information content (AvgIpc) is 2.92. The molecule has 3 aromatic carbocycles. The lowest BCUT2D eigenvalue weighted by Crippen LogP contribution is -2.38. The smallest absolute Gasteiger partial charge is 0.264 e. The predicted molar refractivity (Wildman–Crippen MR) is 121 cm³/mol. The Labute approximate surface area is 190 Å². The van der Waals surface area contributed by atoms with Gasteiger partial charge >= 0.3 is 0 Å². The van der Waals surface area contributed by atoms with Gasteiger partial charge in [-0.15, -0.1) is 0 Å². The summed E-state index contributed by atoms with van der Waals surface area (Å²) in [5.41, 5.74) is 2.67. The van der Waals surface area contributed by atoms with Crippen LogP contribution < -0.4 is 10.1 Å². The van der Waals surface area contributed by atoms with Gasteiger partial charge in [-0.25, -0.2) is 4.39 Å². The average molecular weight is 453 g/mol. The van der Waals surface area contributed by atoms with Gasteiger partial charge in [0.15, 0.2) is 6.10 Å². The lowest BCUT2D eigenvalue weighted by atomic mass is 10.1. The first-order valence-electron chi connectivity index (χ1n) is 10.3. The van der Waals surface area contributed by atoms with Crippen LogP contribution in [0.15, 0.2) is 66.7 Å². The molecule has 0 saturated carbocycles. The number of carbonyl (C=O) groups excluding carboxylic acids is 2. The Morgan fingerprint density at radius 1 is 1.12 bits per heavy atom. The van der Waals surface area contributed by atoms with E-state index in [-0.39, 0.29) is 11.8 Å². The summed E-state index contributed by atoms with van der Waals surface area (Å²) in [6.45, 7) is 2.67. The van der Waals surface area contributed by atoms with E-state index in [1.165, 1.54) is 24.3 Å². The molecule has 32 heavy (non-hydrogen) atoms. The van der Waals surface area contributed by atoms with Gasteiger partial charge < -0.3 is 15.0 Å². The third kappa shape index (κ3) is 4.92. The van der Waals surface area contributed by atoms with Gasteiger partial charge in [0.05, 0.1) is 0 Å². The molecule has 1 heterocycles. The second-order valence-corrected chi connectivity index (χ2v) is 8.06. The molecule has 1 N–H and O–H groups in total. The van der Waals surface area contributed by atoms with E-state index in [1.54, 1.807) is 35.2 Å². The van der Waals surface area contributed by atoms with Crippen LogP contribution in [0.4, 0.5) is 10.1 Å². The minimum absolute atomic E-state index is 0.0875. The Morgan fingerprint density at radius 2 is 1.84 bits per heavy atom. The van der Waals surface area contributed by atoms with Crippen LogP contribution in [0.1, 0.15) is 34.8 Å². The number of halogens is 2. The molecule has 7 heteroatoms. The van der Waals surface area contributed by atoms with Crippen molar-refractivity contribution in [2.75, 3.05) is 5.32 Å². The van der Waals surface area contributed by atoms with Gasteiger partial charge in [-0.1, -0.05) is 30.7 Å². The molecule has 2 amide bonds. The number of anilines is 1. The first kappa shape index (κ1) is 21.8. The van der Waals surface area contributed by atoms with Crippen molar-refractivity contribution in [3.8, 4) is 5.75 Å². The Hall–Kier alpha value is -3.38. The highest BCUT2D eigenvalue weighted by atomic mass is 35.5. The summed E-state index contributed by atoms with van der Waals surface area (Å²) in [5, 5.41) is 3.46. The van der Waals surface area contributed by atoms with Crippen LogP contribution in [0, 0.1) is 5.82 Å². The Kier molecular flexibility index (Phi) is 6.42. The van der Waals surface area contributed by atoms with E-state index in [2.05, 4.69) is 5.32 Å². The molecule has 164 valence electrons. The largest absolute Gasteiger partial charge is 0.480 e. The zero-order valence-corrected chi connectivity index (χ0v) is 18.2. The van der Waals surface area contributed by atoms with Crippen LogP contribution in [-0.4, -0.2) is 22.8 Å². The zero-order valence-electron chi connectivity index (χ0n) is 17.5. The number of amides is 2. The lowest BCUT2D eigenvalue weighted by Gasteiger charge is -2.23. The number of hydrogen-bond acceptors (Lipinski definition) is 3. The summed E-state index contributed by atoms with van der Waals surface area (Å²) in [5.74, 6) is -0.223. The van der Waals surface area contributed by atoms with Crippen LogP contribution >= 0.6 is 11.6 Å². The third-order valence-electron chi connectivity index (χ3n) is 5.30. The van der Waals surface area contributed by atoms with Crippen LogP contribution in [0.5, 0.6) is 5.75 Å². The highest BCUT2D eigenvalue weighted by molar-refractivity contribution is 6.30. The molecule has 0 saturated heterocycles. The maximum atomic E-state index is 13.1. The van der Waals surface area contributed by atoms with E-state index >= 15 is 0 Å². The molecule has 1 aliphatic heterocycles. The van der Waals surface area contributed by atoms with E-state index in [9.17, 15) is 14.0 Å². The standard InChI is InChI=1S/C25H22ClFN2O3/c1-2-22-25(31)29(14-16-3-7-19(26)8-4-16)15-18-13-21(11-12-23(18)32-22)28-24(30)17-5-9-20(27)10-6-17/h3-13,22H,2,14-15H2,1H3,(H,28,30). The van der Waals surface area contributed by atoms with Crippen LogP contribution in [0.25, 0.3) is 0 Å². The summed E-state index contributed by atoms with van der Waals surface area (Å²) in [7, 11) is 0. The van der Waals surface area contributed by atoms with Crippen molar-refractivity contribution in [1.82, 2.24) is 4.90 Å². The van der Waals surface area contributed by atoms with Gasteiger partial charge in [0.25, 0.3) is 11.8 Å². The fourth-order valence-corrected chi connectivity index (χ4v) is 3.72. The van der Waals surface area contributed by atoms with E-state index in [1.807, 2.05) is 19.1 Å². The van der Waals surface area contributed by atoms with Crippen molar-refractivity contribution in [3.05, 3.63) is 94.3 Å². The second kappa shape index (κ2) is 9.40. The molecule has 0 radical (unpaired) electrons. The number of fused-ring (bicyclic) bond motifs is 1. The Balaban J connectivity index is 1.57. The first-order valence-corrected chi connectivity index (χ1v) is 10.7. The van der Waals surface area contributed by atoms with E-state index in [0.717, 1.165) is 11.1 Å². The monoisotopic (exact) mass is 452 g/mol. The number of carbonyl (C=O) groups is 2.